The highest BCUT2D eigenvalue weighted by Gasteiger charge is 2.17. The first kappa shape index (κ1) is 18.2. The molecule has 1 atom stereocenters. The number of guanidine groups is 1. The molecule has 1 rings (SSSR count). The van der Waals surface area contributed by atoms with Crippen molar-refractivity contribution >= 4 is 5.96 Å². The van der Waals surface area contributed by atoms with E-state index in [-0.39, 0.29) is 5.60 Å². The van der Waals surface area contributed by atoms with Gasteiger partial charge in [-0.05, 0) is 52.1 Å². The number of aliphatic imine (C=N–C) groups is 1. The molecule has 2 N–H and O–H groups in total. The average molecular weight is 298 g/mol. The quantitative estimate of drug-likeness (QED) is 0.427. The van der Waals surface area contributed by atoms with Gasteiger partial charge >= 0.3 is 0 Å². The molecule has 0 aromatic carbocycles. The molecule has 0 spiro atoms. The van der Waals surface area contributed by atoms with Gasteiger partial charge in [-0.3, -0.25) is 4.99 Å². The number of nitrogens with zero attached hydrogens (tertiary/aromatic N) is 2. The van der Waals surface area contributed by atoms with Gasteiger partial charge in [0.05, 0.1) is 5.60 Å². The van der Waals surface area contributed by atoms with Crippen LogP contribution in [0.15, 0.2) is 4.99 Å². The van der Waals surface area contributed by atoms with Crippen LogP contribution in [0.2, 0.25) is 0 Å². The second-order valence-electron chi connectivity index (χ2n) is 6.72. The molecule has 0 radical (unpaired) electrons. The van der Waals surface area contributed by atoms with Gasteiger partial charge in [-0.15, -0.1) is 0 Å². The first-order valence-corrected chi connectivity index (χ1v) is 8.19. The van der Waals surface area contributed by atoms with Gasteiger partial charge in [0.2, 0.25) is 0 Å². The van der Waals surface area contributed by atoms with E-state index >= 15 is 0 Å². The van der Waals surface area contributed by atoms with Gasteiger partial charge in [0.25, 0.3) is 0 Å². The van der Waals surface area contributed by atoms with Crippen LogP contribution in [-0.4, -0.2) is 63.3 Å². The Morgan fingerprint density at radius 3 is 2.76 bits per heavy atom. The molecule has 124 valence electrons. The van der Waals surface area contributed by atoms with Crippen LogP contribution in [0.5, 0.6) is 0 Å². The Kier molecular flexibility index (Phi) is 8.04. The van der Waals surface area contributed by atoms with Crippen molar-refractivity contribution in [3.05, 3.63) is 0 Å². The highest BCUT2D eigenvalue weighted by atomic mass is 16.5. The normalized spacial score (nSPS) is 21.4. The molecule has 1 saturated heterocycles. The zero-order valence-corrected chi connectivity index (χ0v) is 14.5. The van der Waals surface area contributed by atoms with Crippen molar-refractivity contribution in [3.8, 4) is 0 Å². The Balaban J connectivity index is 2.15. The number of hydrogen-bond donors (Lipinski definition) is 2. The fraction of sp³-hybridized carbons (Fsp3) is 0.938. The summed E-state index contributed by atoms with van der Waals surface area (Å²) in [6, 6.07) is 0. The molecule has 1 aliphatic rings. The van der Waals surface area contributed by atoms with Crippen molar-refractivity contribution in [3.63, 3.8) is 0 Å². The topological polar surface area (TPSA) is 48.9 Å². The number of methoxy groups -OCH3 is 1. The lowest BCUT2D eigenvalue weighted by Gasteiger charge is -2.30. The summed E-state index contributed by atoms with van der Waals surface area (Å²) in [5.74, 6) is 1.71. The minimum atomic E-state index is -0.179. The Morgan fingerprint density at radius 2 is 2.14 bits per heavy atom. The second kappa shape index (κ2) is 9.26. The third-order valence-electron chi connectivity index (χ3n) is 4.14. The van der Waals surface area contributed by atoms with Gasteiger partial charge < -0.3 is 20.3 Å². The molecular weight excluding hydrogens is 264 g/mol. The van der Waals surface area contributed by atoms with E-state index < -0.39 is 0 Å². The van der Waals surface area contributed by atoms with Crippen molar-refractivity contribution in [1.82, 2.24) is 15.5 Å². The molecule has 0 aliphatic carbocycles. The molecular formula is C16H34N4O. The number of likely N-dealkylation sites (tertiary alicyclic amines) is 1. The van der Waals surface area contributed by atoms with E-state index in [0.717, 1.165) is 31.4 Å². The number of nitrogens with one attached hydrogen (secondary N) is 2. The zero-order valence-electron chi connectivity index (χ0n) is 14.5. The molecule has 1 unspecified atom stereocenters. The highest BCUT2D eigenvalue weighted by molar-refractivity contribution is 5.79. The molecule has 5 nitrogen and oxygen atoms in total. The monoisotopic (exact) mass is 298 g/mol. The van der Waals surface area contributed by atoms with E-state index in [0.29, 0.717) is 0 Å². The Labute approximate surface area is 130 Å². The van der Waals surface area contributed by atoms with Crippen molar-refractivity contribution in [2.45, 2.75) is 45.6 Å². The van der Waals surface area contributed by atoms with Crippen molar-refractivity contribution in [2.24, 2.45) is 10.9 Å². The van der Waals surface area contributed by atoms with Gasteiger partial charge in [0.15, 0.2) is 5.96 Å². The molecule has 0 bridgehead atoms. The molecule has 21 heavy (non-hydrogen) atoms. The van der Waals surface area contributed by atoms with E-state index in [1.54, 1.807) is 14.2 Å². The first-order chi connectivity index (χ1) is 9.96. The van der Waals surface area contributed by atoms with Crippen LogP contribution >= 0.6 is 0 Å². The predicted octanol–water partition coefficient (Wildman–Crippen LogP) is 1.70. The lowest BCUT2D eigenvalue weighted by atomic mass is 10.0. The van der Waals surface area contributed by atoms with Crippen molar-refractivity contribution in [2.75, 3.05) is 46.9 Å². The van der Waals surface area contributed by atoms with E-state index in [1.165, 1.54) is 32.5 Å². The molecule has 1 heterocycles. The number of hydrogen-bond acceptors (Lipinski definition) is 3. The molecule has 1 fully saturated rings. The third kappa shape index (κ3) is 7.67. The third-order valence-corrected chi connectivity index (χ3v) is 4.14. The lowest BCUT2D eigenvalue weighted by Crippen LogP contribution is -2.46. The van der Waals surface area contributed by atoms with Crippen LogP contribution < -0.4 is 10.6 Å². The Hall–Kier alpha value is -0.810. The summed E-state index contributed by atoms with van der Waals surface area (Å²) in [6.07, 6.45) is 3.89. The van der Waals surface area contributed by atoms with Gasteiger partial charge in [-0.1, -0.05) is 6.92 Å². The van der Waals surface area contributed by atoms with Crippen LogP contribution in [0.1, 0.15) is 40.0 Å². The number of rotatable bonds is 7. The summed E-state index contributed by atoms with van der Waals surface area (Å²) >= 11 is 0. The Morgan fingerprint density at radius 1 is 1.38 bits per heavy atom. The molecule has 1 aliphatic heterocycles. The van der Waals surface area contributed by atoms with Crippen LogP contribution in [0, 0.1) is 5.92 Å². The molecule has 0 amide bonds. The lowest BCUT2D eigenvalue weighted by molar-refractivity contribution is 0.0268. The van der Waals surface area contributed by atoms with Crippen LogP contribution in [0.25, 0.3) is 0 Å². The summed E-state index contributed by atoms with van der Waals surface area (Å²) in [6.45, 7) is 11.9. The molecule has 0 aromatic rings. The fourth-order valence-electron chi connectivity index (χ4n) is 2.59. The van der Waals surface area contributed by atoms with Crippen LogP contribution in [0.4, 0.5) is 0 Å². The summed E-state index contributed by atoms with van der Waals surface area (Å²) in [7, 11) is 3.54. The van der Waals surface area contributed by atoms with Crippen LogP contribution in [-0.2, 0) is 4.74 Å². The fourth-order valence-corrected chi connectivity index (χ4v) is 2.59. The molecule has 5 heteroatoms. The summed E-state index contributed by atoms with van der Waals surface area (Å²) in [5.41, 5.74) is -0.179. The van der Waals surface area contributed by atoms with E-state index in [2.05, 4.69) is 41.3 Å². The highest BCUT2D eigenvalue weighted by Crippen LogP contribution is 2.15. The van der Waals surface area contributed by atoms with E-state index in [4.69, 9.17) is 4.74 Å². The summed E-state index contributed by atoms with van der Waals surface area (Å²) < 4.78 is 5.40. The predicted molar refractivity (Wildman–Crippen MR) is 89.9 cm³/mol. The van der Waals surface area contributed by atoms with Gasteiger partial charge in [0, 0.05) is 33.8 Å². The largest absolute Gasteiger partial charge is 0.377 e. The number of piperidine rings is 1. The zero-order chi connectivity index (χ0) is 15.7. The van der Waals surface area contributed by atoms with Gasteiger partial charge in [-0.2, -0.15) is 0 Å². The summed E-state index contributed by atoms with van der Waals surface area (Å²) in [4.78, 5) is 6.83. The summed E-state index contributed by atoms with van der Waals surface area (Å²) in [5, 5.41) is 6.68. The van der Waals surface area contributed by atoms with Crippen molar-refractivity contribution < 1.29 is 4.74 Å². The minimum Gasteiger partial charge on any atom is -0.377 e. The van der Waals surface area contributed by atoms with E-state index in [1.807, 2.05) is 0 Å². The SMILES string of the molecule is CN=C(NCCCN1CCCC(C)C1)NCC(C)(C)OC. The van der Waals surface area contributed by atoms with Gasteiger partial charge in [0.1, 0.15) is 0 Å². The second-order valence-corrected chi connectivity index (χ2v) is 6.72. The maximum absolute atomic E-state index is 5.40. The molecule has 0 saturated carbocycles. The van der Waals surface area contributed by atoms with E-state index in [9.17, 15) is 0 Å². The maximum Gasteiger partial charge on any atom is 0.191 e. The first-order valence-electron chi connectivity index (χ1n) is 8.19. The van der Waals surface area contributed by atoms with Crippen LogP contribution in [0.3, 0.4) is 0 Å². The maximum atomic E-state index is 5.40. The molecule has 0 aromatic heterocycles. The van der Waals surface area contributed by atoms with Gasteiger partial charge in [-0.25, -0.2) is 0 Å². The smallest absolute Gasteiger partial charge is 0.191 e. The Bertz CT molecular complexity index is 317. The standard InChI is InChI=1S/C16H34N4O/c1-14-8-6-10-20(12-14)11-7-9-18-15(17-4)19-13-16(2,3)21-5/h14H,6-13H2,1-5H3,(H2,17,18,19). The van der Waals surface area contributed by atoms with Crippen molar-refractivity contribution in [1.29, 1.82) is 0 Å². The number of ether oxygens (including phenoxy) is 1. The minimum absolute atomic E-state index is 0.179. The average Bonchev–Trinajstić information content (AvgIpc) is 2.46.